The number of benzene rings is 1. The molecule has 2 N–H and O–H groups in total. The first-order valence-electron chi connectivity index (χ1n) is 10.0. The fourth-order valence-corrected chi connectivity index (χ4v) is 3.51. The van der Waals surface area contributed by atoms with Crippen molar-refractivity contribution in [2.24, 2.45) is 5.92 Å². The van der Waals surface area contributed by atoms with Crippen LogP contribution in [0.25, 0.3) is 0 Å². The van der Waals surface area contributed by atoms with E-state index in [0.29, 0.717) is 36.2 Å². The number of carbonyl (C=O) groups excluding carboxylic acids is 3. The van der Waals surface area contributed by atoms with Crippen molar-refractivity contribution in [3.8, 4) is 11.5 Å². The first kappa shape index (κ1) is 21.0. The van der Waals surface area contributed by atoms with Crippen molar-refractivity contribution in [2.75, 3.05) is 19.8 Å². The first-order chi connectivity index (χ1) is 13.7. The summed E-state index contributed by atoms with van der Waals surface area (Å²) in [7, 11) is 0. The minimum Gasteiger partial charge on any atom is -0.486 e. The van der Waals surface area contributed by atoms with Gasteiger partial charge in [-0.15, -0.1) is 0 Å². The normalized spacial score (nSPS) is 21.9. The Labute approximate surface area is 170 Å². The van der Waals surface area contributed by atoms with Gasteiger partial charge in [0, 0.05) is 6.04 Å². The minimum atomic E-state index is -1.27. The molecule has 8 nitrogen and oxygen atoms in total. The smallest absolute Gasteiger partial charge is 0.325 e. The average molecular weight is 403 g/mol. The lowest BCUT2D eigenvalue weighted by atomic mass is 9.91. The summed E-state index contributed by atoms with van der Waals surface area (Å²) in [5.41, 5.74) is -0.690. The van der Waals surface area contributed by atoms with Crippen LogP contribution >= 0.6 is 0 Å². The van der Waals surface area contributed by atoms with Crippen molar-refractivity contribution in [3.05, 3.63) is 23.8 Å². The van der Waals surface area contributed by atoms with Crippen molar-refractivity contribution >= 4 is 17.8 Å². The molecule has 1 saturated heterocycles. The van der Waals surface area contributed by atoms with Crippen molar-refractivity contribution in [2.45, 2.75) is 52.1 Å². The maximum atomic E-state index is 13.0. The number of imide groups is 1. The highest BCUT2D eigenvalue weighted by Gasteiger charge is 2.49. The second-order valence-electron chi connectivity index (χ2n) is 8.24. The SMILES string of the molecule is CC(C)CC[C@H](C)NC(=O)CN1C(=O)N[C@](C)(c2ccc3c(c2)OCCO3)C1=O. The minimum absolute atomic E-state index is 0.0187. The van der Waals surface area contributed by atoms with Gasteiger partial charge in [0.05, 0.1) is 0 Å². The Bertz CT molecular complexity index is 810. The van der Waals surface area contributed by atoms with Crippen LogP contribution in [0.1, 0.15) is 46.1 Å². The van der Waals surface area contributed by atoms with Gasteiger partial charge in [0.1, 0.15) is 25.3 Å². The van der Waals surface area contributed by atoms with Gasteiger partial charge in [0.25, 0.3) is 5.91 Å². The van der Waals surface area contributed by atoms with Gasteiger partial charge in [-0.2, -0.15) is 0 Å². The summed E-state index contributed by atoms with van der Waals surface area (Å²) >= 11 is 0. The summed E-state index contributed by atoms with van der Waals surface area (Å²) in [4.78, 5) is 38.8. The summed E-state index contributed by atoms with van der Waals surface area (Å²) in [5.74, 6) is 0.867. The highest BCUT2D eigenvalue weighted by atomic mass is 16.6. The zero-order chi connectivity index (χ0) is 21.2. The van der Waals surface area contributed by atoms with E-state index >= 15 is 0 Å². The molecule has 8 heteroatoms. The molecule has 4 amide bonds. The summed E-state index contributed by atoms with van der Waals surface area (Å²) in [6.07, 6.45) is 1.84. The zero-order valence-corrected chi connectivity index (χ0v) is 17.4. The number of urea groups is 1. The van der Waals surface area contributed by atoms with E-state index in [2.05, 4.69) is 24.5 Å². The van der Waals surface area contributed by atoms with Gasteiger partial charge in [-0.05, 0) is 50.3 Å². The molecule has 0 radical (unpaired) electrons. The van der Waals surface area contributed by atoms with Crippen molar-refractivity contribution in [3.63, 3.8) is 0 Å². The Kier molecular flexibility index (Phi) is 6.00. The average Bonchev–Trinajstić information content (AvgIpc) is 2.90. The number of nitrogens with one attached hydrogen (secondary N) is 2. The van der Waals surface area contributed by atoms with E-state index in [0.717, 1.165) is 17.7 Å². The topological polar surface area (TPSA) is 97.0 Å². The lowest BCUT2D eigenvalue weighted by Gasteiger charge is -2.25. The lowest BCUT2D eigenvalue weighted by Crippen LogP contribution is -2.45. The number of amides is 4. The summed E-state index contributed by atoms with van der Waals surface area (Å²) < 4.78 is 11.1. The molecule has 0 bridgehead atoms. The van der Waals surface area contributed by atoms with E-state index in [9.17, 15) is 14.4 Å². The van der Waals surface area contributed by atoms with Crippen LogP contribution in [0.15, 0.2) is 18.2 Å². The molecule has 1 aromatic rings. The highest BCUT2D eigenvalue weighted by Crippen LogP contribution is 2.36. The van der Waals surface area contributed by atoms with Crippen LogP contribution in [0.3, 0.4) is 0 Å². The summed E-state index contributed by atoms with van der Waals surface area (Å²) in [6, 6.07) is 4.54. The number of nitrogens with zero attached hydrogens (tertiary/aromatic N) is 1. The fourth-order valence-electron chi connectivity index (χ4n) is 3.51. The standard InChI is InChI=1S/C21H29N3O5/c1-13(2)5-6-14(3)22-18(25)12-24-19(26)21(4,23-20(24)27)15-7-8-16-17(11-15)29-10-9-28-16/h7-8,11,13-14H,5-6,9-10,12H2,1-4H3,(H,22,25)(H,23,27)/t14-,21+/m0/s1. The van der Waals surface area contributed by atoms with Crippen molar-refractivity contribution in [1.82, 2.24) is 15.5 Å². The third-order valence-electron chi connectivity index (χ3n) is 5.28. The van der Waals surface area contributed by atoms with Gasteiger partial charge in [0.2, 0.25) is 5.91 Å². The Hall–Kier alpha value is -2.77. The third kappa shape index (κ3) is 4.46. The Balaban J connectivity index is 1.68. The second kappa shape index (κ2) is 8.31. The molecular weight excluding hydrogens is 374 g/mol. The van der Waals surface area contributed by atoms with Crippen LogP contribution in [0.4, 0.5) is 4.79 Å². The molecule has 1 fully saturated rings. The maximum Gasteiger partial charge on any atom is 0.325 e. The molecule has 29 heavy (non-hydrogen) atoms. The Morgan fingerprint density at radius 3 is 2.55 bits per heavy atom. The zero-order valence-electron chi connectivity index (χ0n) is 17.4. The van der Waals surface area contributed by atoms with Gasteiger partial charge in [0.15, 0.2) is 11.5 Å². The maximum absolute atomic E-state index is 13.0. The van der Waals surface area contributed by atoms with E-state index in [4.69, 9.17) is 9.47 Å². The van der Waals surface area contributed by atoms with Crippen molar-refractivity contribution < 1.29 is 23.9 Å². The summed E-state index contributed by atoms with van der Waals surface area (Å²) in [6.45, 7) is 8.39. The molecule has 2 atom stereocenters. The molecule has 2 heterocycles. The van der Waals surface area contributed by atoms with Crippen LogP contribution in [0.2, 0.25) is 0 Å². The van der Waals surface area contributed by atoms with Gasteiger partial charge in [-0.3, -0.25) is 14.5 Å². The monoisotopic (exact) mass is 403 g/mol. The number of carbonyl (C=O) groups is 3. The van der Waals surface area contributed by atoms with E-state index < -0.39 is 17.5 Å². The van der Waals surface area contributed by atoms with Gasteiger partial charge >= 0.3 is 6.03 Å². The summed E-state index contributed by atoms with van der Waals surface area (Å²) in [5, 5.41) is 5.58. The molecule has 3 rings (SSSR count). The van der Waals surface area contributed by atoms with Gasteiger partial charge in [-0.25, -0.2) is 4.79 Å². The molecule has 0 aromatic heterocycles. The van der Waals surface area contributed by atoms with Crippen LogP contribution in [0.5, 0.6) is 11.5 Å². The molecule has 0 unspecified atom stereocenters. The molecule has 0 saturated carbocycles. The van der Waals surface area contributed by atoms with E-state index in [1.54, 1.807) is 25.1 Å². The molecule has 0 spiro atoms. The predicted molar refractivity (Wildman–Crippen MR) is 107 cm³/mol. The number of hydrogen-bond donors (Lipinski definition) is 2. The van der Waals surface area contributed by atoms with E-state index in [1.807, 2.05) is 6.92 Å². The Morgan fingerprint density at radius 1 is 1.17 bits per heavy atom. The quantitative estimate of drug-likeness (QED) is 0.680. The number of fused-ring (bicyclic) bond motifs is 1. The van der Waals surface area contributed by atoms with Crippen LogP contribution in [-0.4, -0.2) is 48.5 Å². The number of rotatable bonds is 7. The van der Waals surface area contributed by atoms with Crippen molar-refractivity contribution in [1.29, 1.82) is 0 Å². The third-order valence-corrected chi connectivity index (χ3v) is 5.28. The van der Waals surface area contributed by atoms with E-state index in [-0.39, 0.29) is 18.5 Å². The molecule has 2 aliphatic heterocycles. The van der Waals surface area contributed by atoms with Gasteiger partial charge < -0.3 is 20.1 Å². The number of hydrogen-bond acceptors (Lipinski definition) is 5. The Morgan fingerprint density at radius 2 is 1.86 bits per heavy atom. The van der Waals surface area contributed by atoms with Crippen LogP contribution in [0, 0.1) is 5.92 Å². The molecule has 1 aromatic carbocycles. The molecule has 158 valence electrons. The van der Waals surface area contributed by atoms with Crippen LogP contribution in [-0.2, 0) is 15.1 Å². The number of ether oxygens (including phenoxy) is 2. The predicted octanol–water partition coefficient (Wildman–Crippen LogP) is 2.17. The van der Waals surface area contributed by atoms with Crippen LogP contribution < -0.4 is 20.1 Å². The van der Waals surface area contributed by atoms with Gasteiger partial charge in [-0.1, -0.05) is 19.9 Å². The van der Waals surface area contributed by atoms with E-state index in [1.165, 1.54) is 0 Å². The molecule has 0 aliphatic carbocycles. The highest BCUT2D eigenvalue weighted by molar-refractivity contribution is 6.09. The fraction of sp³-hybridized carbons (Fsp3) is 0.571. The lowest BCUT2D eigenvalue weighted by molar-refractivity contribution is -0.135. The largest absolute Gasteiger partial charge is 0.486 e. The first-order valence-corrected chi connectivity index (χ1v) is 10.0. The molecular formula is C21H29N3O5. The molecule has 2 aliphatic rings. The second-order valence-corrected chi connectivity index (χ2v) is 8.24.